The molecule has 0 spiro atoms. The molecule has 4 rings (SSSR count). The van der Waals surface area contributed by atoms with Crippen LogP contribution in [0.5, 0.6) is 0 Å². The molecule has 6 nitrogen and oxygen atoms in total. The second-order valence-corrected chi connectivity index (χ2v) is 7.44. The van der Waals surface area contributed by atoms with Crippen LogP contribution >= 0.6 is 11.3 Å². The molecule has 27 heavy (non-hydrogen) atoms. The highest BCUT2D eigenvalue weighted by molar-refractivity contribution is 7.17. The summed E-state index contributed by atoms with van der Waals surface area (Å²) in [7, 11) is 0. The van der Waals surface area contributed by atoms with E-state index in [4.69, 9.17) is 9.26 Å². The fourth-order valence-corrected chi connectivity index (χ4v) is 4.22. The lowest BCUT2D eigenvalue weighted by Crippen LogP contribution is -2.09. The van der Waals surface area contributed by atoms with Crippen LogP contribution in [0.3, 0.4) is 0 Å². The Bertz CT molecular complexity index is 1020. The number of carbonyl (C=O) groups excluding carboxylic acids is 1. The number of nitrogens with zero attached hydrogens (tertiary/aromatic N) is 2. The molecule has 0 atom stereocenters. The largest absolute Gasteiger partial charge is 0.376 e. The Balaban J connectivity index is 1.63. The summed E-state index contributed by atoms with van der Waals surface area (Å²) in [5.41, 5.74) is 4.07. The molecule has 1 aliphatic heterocycles. The summed E-state index contributed by atoms with van der Waals surface area (Å²) in [6, 6.07) is 7.92. The van der Waals surface area contributed by atoms with Crippen molar-refractivity contribution < 1.29 is 14.1 Å². The maximum Gasteiger partial charge on any atom is 0.261 e. The summed E-state index contributed by atoms with van der Waals surface area (Å²) in [6.45, 7) is 4.97. The number of hydrogen-bond donors (Lipinski definition) is 1. The van der Waals surface area contributed by atoms with Crippen LogP contribution < -0.4 is 5.32 Å². The molecule has 1 amide bonds. The van der Waals surface area contributed by atoms with Gasteiger partial charge in [-0.05, 0) is 43.0 Å². The minimum Gasteiger partial charge on any atom is -0.376 e. The van der Waals surface area contributed by atoms with Crippen LogP contribution in [0.1, 0.15) is 27.4 Å². The van der Waals surface area contributed by atoms with Crippen molar-refractivity contribution in [3.63, 3.8) is 0 Å². The van der Waals surface area contributed by atoms with Crippen LogP contribution in [0.25, 0.3) is 17.5 Å². The first-order chi connectivity index (χ1) is 13.1. The van der Waals surface area contributed by atoms with Crippen molar-refractivity contribution in [1.82, 2.24) is 10.1 Å². The molecule has 0 radical (unpaired) electrons. The molecular formula is C20H19N3O3S. The Hall–Kier alpha value is -2.77. The molecule has 0 saturated carbocycles. The number of nitrogens with one attached hydrogen (secondary N) is 1. The number of ether oxygens (including phenoxy) is 1. The quantitative estimate of drug-likeness (QED) is 0.687. The Labute approximate surface area is 160 Å². The van der Waals surface area contributed by atoms with E-state index in [1.807, 2.05) is 37.3 Å². The SMILES string of the molecule is Cc1noc(-c2c(NC(=O)C=Cc3ccccc3C)sc3c2CCOC3)n1. The first-order valence-corrected chi connectivity index (χ1v) is 9.51. The monoisotopic (exact) mass is 381 g/mol. The standard InChI is InChI=1S/C20H19N3O3S/c1-12-5-3-4-6-14(12)7-8-17(24)22-20-18(19-21-13(2)23-26-19)15-9-10-25-11-16(15)27-20/h3-8H,9-11H2,1-2H3,(H,22,24). The van der Waals surface area contributed by atoms with E-state index in [0.717, 1.165) is 33.6 Å². The van der Waals surface area contributed by atoms with Crippen LogP contribution in [0.4, 0.5) is 5.00 Å². The predicted molar refractivity (Wildman–Crippen MR) is 105 cm³/mol. The van der Waals surface area contributed by atoms with E-state index in [1.54, 1.807) is 13.0 Å². The van der Waals surface area contributed by atoms with Gasteiger partial charge in [-0.1, -0.05) is 29.4 Å². The first kappa shape index (κ1) is 17.6. The average Bonchev–Trinajstić information content (AvgIpc) is 3.23. The van der Waals surface area contributed by atoms with Gasteiger partial charge in [0, 0.05) is 11.0 Å². The van der Waals surface area contributed by atoms with Gasteiger partial charge in [0.25, 0.3) is 5.89 Å². The molecule has 138 valence electrons. The summed E-state index contributed by atoms with van der Waals surface area (Å²) >= 11 is 1.50. The molecule has 1 aliphatic rings. The van der Waals surface area contributed by atoms with Crippen LogP contribution in [0, 0.1) is 13.8 Å². The highest BCUT2D eigenvalue weighted by atomic mass is 32.1. The molecule has 0 saturated heterocycles. The average molecular weight is 381 g/mol. The van der Waals surface area contributed by atoms with Crippen molar-refractivity contribution in [2.24, 2.45) is 0 Å². The number of aromatic nitrogens is 2. The lowest BCUT2D eigenvalue weighted by Gasteiger charge is -2.12. The smallest absolute Gasteiger partial charge is 0.261 e. The predicted octanol–water partition coefficient (Wildman–Crippen LogP) is 4.14. The second-order valence-electron chi connectivity index (χ2n) is 6.34. The number of amides is 1. The maximum atomic E-state index is 12.5. The molecule has 2 aromatic heterocycles. The molecule has 1 aromatic carbocycles. The van der Waals surface area contributed by atoms with E-state index in [0.29, 0.717) is 29.9 Å². The number of benzene rings is 1. The second kappa shape index (κ2) is 7.46. The molecule has 0 unspecified atom stereocenters. The third-order valence-electron chi connectivity index (χ3n) is 4.40. The Kier molecular flexibility index (Phi) is 4.87. The molecule has 7 heteroatoms. The fraction of sp³-hybridized carbons (Fsp3) is 0.250. The van der Waals surface area contributed by atoms with Crippen LogP contribution in [-0.4, -0.2) is 22.7 Å². The normalized spacial score (nSPS) is 13.7. The lowest BCUT2D eigenvalue weighted by molar-refractivity contribution is -0.111. The van der Waals surface area contributed by atoms with E-state index < -0.39 is 0 Å². The molecule has 0 bridgehead atoms. The number of aryl methyl sites for hydroxylation is 2. The summed E-state index contributed by atoms with van der Waals surface area (Å²) in [5, 5.41) is 7.58. The minimum atomic E-state index is -0.199. The third-order valence-corrected chi connectivity index (χ3v) is 5.52. The van der Waals surface area contributed by atoms with Gasteiger partial charge in [0.2, 0.25) is 5.91 Å². The number of carbonyl (C=O) groups is 1. The van der Waals surface area contributed by atoms with E-state index >= 15 is 0 Å². The van der Waals surface area contributed by atoms with Gasteiger partial charge < -0.3 is 14.6 Å². The summed E-state index contributed by atoms with van der Waals surface area (Å²) < 4.78 is 10.9. The number of hydrogen-bond acceptors (Lipinski definition) is 6. The Morgan fingerprint density at radius 3 is 2.93 bits per heavy atom. The molecule has 3 aromatic rings. The van der Waals surface area contributed by atoms with Crippen LogP contribution in [-0.2, 0) is 22.6 Å². The zero-order chi connectivity index (χ0) is 18.8. The lowest BCUT2D eigenvalue weighted by atomic mass is 10.1. The number of anilines is 1. The molecule has 0 aliphatic carbocycles. The van der Waals surface area contributed by atoms with Crippen molar-refractivity contribution in [2.75, 3.05) is 11.9 Å². The highest BCUT2D eigenvalue weighted by Gasteiger charge is 2.26. The zero-order valence-electron chi connectivity index (χ0n) is 15.1. The first-order valence-electron chi connectivity index (χ1n) is 8.69. The Morgan fingerprint density at radius 2 is 2.15 bits per heavy atom. The van der Waals surface area contributed by atoms with E-state index in [9.17, 15) is 4.79 Å². The van der Waals surface area contributed by atoms with Gasteiger partial charge in [-0.2, -0.15) is 4.98 Å². The summed E-state index contributed by atoms with van der Waals surface area (Å²) in [6.07, 6.45) is 4.12. The third kappa shape index (κ3) is 3.70. The number of thiophene rings is 1. The van der Waals surface area contributed by atoms with Gasteiger partial charge in [0.05, 0.1) is 18.8 Å². The zero-order valence-corrected chi connectivity index (χ0v) is 15.9. The van der Waals surface area contributed by atoms with Crippen molar-refractivity contribution in [3.8, 4) is 11.5 Å². The van der Waals surface area contributed by atoms with Crippen LogP contribution in [0.15, 0.2) is 34.9 Å². The molecule has 3 heterocycles. The van der Waals surface area contributed by atoms with Gasteiger partial charge >= 0.3 is 0 Å². The van der Waals surface area contributed by atoms with Gasteiger partial charge in [-0.3, -0.25) is 4.79 Å². The van der Waals surface area contributed by atoms with Gasteiger partial charge in [-0.25, -0.2) is 0 Å². The maximum absolute atomic E-state index is 12.5. The summed E-state index contributed by atoms with van der Waals surface area (Å²) in [4.78, 5) is 18.0. The fourth-order valence-electron chi connectivity index (χ4n) is 3.04. The summed E-state index contributed by atoms with van der Waals surface area (Å²) in [5.74, 6) is 0.800. The van der Waals surface area contributed by atoms with Crippen LogP contribution in [0.2, 0.25) is 0 Å². The molecule has 0 fully saturated rings. The number of rotatable bonds is 4. The highest BCUT2D eigenvalue weighted by Crippen LogP contribution is 2.42. The Morgan fingerprint density at radius 1 is 1.30 bits per heavy atom. The van der Waals surface area contributed by atoms with Gasteiger partial charge in [0.1, 0.15) is 5.00 Å². The van der Waals surface area contributed by atoms with Crippen molar-refractivity contribution in [2.45, 2.75) is 26.9 Å². The van der Waals surface area contributed by atoms with E-state index in [2.05, 4.69) is 15.5 Å². The molecular weight excluding hydrogens is 362 g/mol. The topological polar surface area (TPSA) is 77.2 Å². The minimum absolute atomic E-state index is 0.199. The van der Waals surface area contributed by atoms with E-state index in [-0.39, 0.29) is 5.91 Å². The number of fused-ring (bicyclic) bond motifs is 1. The van der Waals surface area contributed by atoms with Crippen molar-refractivity contribution in [1.29, 1.82) is 0 Å². The molecule has 1 N–H and O–H groups in total. The van der Waals surface area contributed by atoms with Gasteiger partial charge in [0.15, 0.2) is 5.82 Å². The van der Waals surface area contributed by atoms with Gasteiger partial charge in [-0.15, -0.1) is 11.3 Å². The van der Waals surface area contributed by atoms with E-state index in [1.165, 1.54) is 11.3 Å². The van der Waals surface area contributed by atoms with Crippen molar-refractivity contribution >= 4 is 28.3 Å². The van der Waals surface area contributed by atoms with Crippen molar-refractivity contribution in [3.05, 3.63) is 57.7 Å².